The monoisotopic (exact) mass is 480 g/mol. The van der Waals surface area contributed by atoms with Crippen molar-refractivity contribution in [2.24, 2.45) is 11.7 Å². The number of nitrogens with zero attached hydrogens (tertiary/aromatic N) is 2. The number of pyridine rings is 1. The molecule has 178 valence electrons. The smallest absolute Gasteiger partial charge is 0.321 e. The first-order chi connectivity index (χ1) is 16.4. The van der Waals surface area contributed by atoms with Crippen molar-refractivity contribution in [3.05, 3.63) is 59.4 Å². The maximum Gasteiger partial charge on any atom is 0.321 e. The fraction of sp³-hybridized carbons (Fsp3) is 0.400. The fourth-order valence-electron chi connectivity index (χ4n) is 4.84. The number of rotatable bonds is 6. The van der Waals surface area contributed by atoms with E-state index in [4.69, 9.17) is 17.3 Å². The van der Waals surface area contributed by atoms with Crippen LogP contribution in [0.15, 0.2) is 48.8 Å². The molecule has 1 saturated carbocycles. The van der Waals surface area contributed by atoms with Crippen LogP contribution in [-0.4, -0.2) is 52.5 Å². The summed E-state index contributed by atoms with van der Waals surface area (Å²) in [6, 6.07) is 10.8. The number of aromatic amines is 1. The summed E-state index contributed by atoms with van der Waals surface area (Å²) in [7, 11) is 0. The topological polar surface area (TPSA) is 116 Å². The van der Waals surface area contributed by atoms with Crippen LogP contribution in [0, 0.1) is 5.92 Å². The van der Waals surface area contributed by atoms with E-state index in [-0.39, 0.29) is 23.3 Å². The number of hydrogen-bond acceptors (Lipinski definition) is 4. The molecule has 3 aromatic rings. The number of halogens is 1. The van der Waals surface area contributed by atoms with Gasteiger partial charge in [0.2, 0.25) is 5.91 Å². The number of carbonyl (C=O) groups is 2. The molecule has 1 aliphatic carbocycles. The number of urea groups is 1. The van der Waals surface area contributed by atoms with E-state index in [0.717, 1.165) is 29.6 Å². The standard InChI is InChI=1S/C25H29ClN6O2/c26-18-3-1-17(2-4-18)25(9-10-25)15-30-23(33)21(27)16-7-13-32(14-8-16)24(34)31-20-6-12-29-22-19(20)5-11-28-22/h1-6,11-12,16,21H,7-10,13-15,27H2,(H,30,33)(H2,28,29,31,34). The summed E-state index contributed by atoms with van der Waals surface area (Å²) in [6.07, 6.45) is 6.94. The van der Waals surface area contributed by atoms with Crippen LogP contribution in [0.1, 0.15) is 31.2 Å². The summed E-state index contributed by atoms with van der Waals surface area (Å²) in [5.74, 6) is -0.0678. The van der Waals surface area contributed by atoms with Crippen molar-refractivity contribution >= 4 is 40.3 Å². The van der Waals surface area contributed by atoms with Crippen molar-refractivity contribution in [1.29, 1.82) is 0 Å². The lowest BCUT2D eigenvalue weighted by atomic mass is 9.89. The Balaban J connectivity index is 1.11. The number of carbonyl (C=O) groups excluding carboxylic acids is 2. The first-order valence-corrected chi connectivity index (χ1v) is 12.1. The molecule has 0 spiro atoms. The van der Waals surface area contributed by atoms with Gasteiger partial charge in [-0.05, 0) is 61.4 Å². The molecule has 8 nitrogen and oxygen atoms in total. The van der Waals surface area contributed by atoms with Gasteiger partial charge in [0.05, 0.1) is 11.7 Å². The lowest BCUT2D eigenvalue weighted by Gasteiger charge is -2.34. The van der Waals surface area contributed by atoms with Crippen LogP contribution in [0.2, 0.25) is 5.02 Å². The molecule has 34 heavy (non-hydrogen) atoms. The van der Waals surface area contributed by atoms with E-state index in [1.807, 2.05) is 30.3 Å². The molecule has 0 bridgehead atoms. The second-order valence-corrected chi connectivity index (χ2v) is 9.82. The van der Waals surface area contributed by atoms with Crippen LogP contribution in [-0.2, 0) is 10.2 Å². The Morgan fingerprint density at radius 2 is 1.91 bits per heavy atom. The number of amides is 3. The van der Waals surface area contributed by atoms with Gasteiger partial charge in [-0.25, -0.2) is 9.78 Å². The molecule has 1 atom stereocenters. The zero-order valence-corrected chi connectivity index (χ0v) is 19.6. The Morgan fingerprint density at radius 3 is 2.62 bits per heavy atom. The molecule has 1 saturated heterocycles. The molecule has 3 amide bonds. The van der Waals surface area contributed by atoms with E-state index >= 15 is 0 Å². The molecule has 0 radical (unpaired) electrons. The van der Waals surface area contributed by atoms with Crippen LogP contribution in [0.5, 0.6) is 0 Å². The molecule has 1 aliphatic heterocycles. The van der Waals surface area contributed by atoms with Gasteiger partial charge in [0.1, 0.15) is 5.65 Å². The minimum atomic E-state index is -0.578. The third-order valence-corrected chi connectivity index (χ3v) is 7.50. The van der Waals surface area contributed by atoms with Crippen molar-refractivity contribution < 1.29 is 9.59 Å². The van der Waals surface area contributed by atoms with E-state index in [2.05, 4.69) is 20.6 Å². The van der Waals surface area contributed by atoms with Crippen molar-refractivity contribution in [3.63, 3.8) is 0 Å². The summed E-state index contributed by atoms with van der Waals surface area (Å²) in [4.78, 5) is 34.6. The first-order valence-electron chi connectivity index (χ1n) is 11.7. The zero-order chi connectivity index (χ0) is 23.7. The van der Waals surface area contributed by atoms with E-state index in [1.165, 1.54) is 5.56 Å². The first kappa shape index (κ1) is 22.7. The van der Waals surface area contributed by atoms with Crippen LogP contribution in [0.4, 0.5) is 10.5 Å². The molecule has 2 aromatic heterocycles. The minimum Gasteiger partial charge on any atom is -0.354 e. The summed E-state index contributed by atoms with van der Waals surface area (Å²) < 4.78 is 0. The molecule has 2 aliphatic rings. The minimum absolute atomic E-state index is 0.000729. The lowest BCUT2D eigenvalue weighted by Crippen LogP contribution is -2.51. The van der Waals surface area contributed by atoms with Crippen LogP contribution in [0.3, 0.4) is 0 Å². The third-order valence-electron chi connectivity index (χ3n) is 7.25. The number of H-pyrrole nitrogens is 1. The molecular weight excluding hydrogens is 452 g/mol. The molecule has 5 N–H and O–H groups in total. The second kappa shape index (κ2) is 9.27. The van der Waals surface area contributed by atoms with Crippen LogP contribution < -0.4 is 16.4 Å². The van der Waals surface area contributed by atoms with Gasteiger partial charge in [-0.3, -0.25) is 4.79 Å². The van der Waals surface area contributed by atoms with E-state index in [9.17, 15) is 9.59 Å². The summed E-state index contributed by atoms with van der Waals surface area (Å²) in [5.41, 5.74) is 9.00. The molecular formula is C25H29ClN6O2. The molecule has 3 heterocycles. The maximum atomic E-state index is 12.8. The predicted molar refractivity (Wildman–Crippen MR) is 133 cm³/mol. The number of piperidine rings is 1. The fourth-order valence-corrected chi connectivity index (χ4v) is 4.96. The highest BCUT2D eigenvalue weighted by Crippen LogP contribution is 2.47. The summed E-state index contributed by atoms with van der Waals surface area (Å²) in [5, 5.41) is 7.64. The number of benzene rings is 1. The average Bonchev–Trinajstić information content (AvgIpc) is 3.49. The van der Waals surface area contributed by atoms with Gasteiger partial charge in [0.25, 0.3) is 0 Å². The molecule has 2 fully saturated rings. The summed E-state index contributed by atoms with van der Waals surface area (Å²) in [6.45, 7) is 1.71. The van der Waals surface area contributed by atoms with Crippen molar-refractivity contribution in [3.8, 4) is 0 Å². The second-order valence-electron chi connectivity index (χ2n) is 9.38. The van der Waals surface area contributed by atoms with Crippen LogP contribution in [0.25, 0.3) is 11.0 Å². The van der Waals surface area contributed by atoms with Gasteiger partial charge in [-0.2, -0.15) is 0 Å². The number of nitrogens with two attached hydrogens (primary N) is 1. The van der Waals surface area contributed by atoms with Gasteiger partial charge < -0.3 is 26.3 Å². The van der Waals surface area contributed by atoms with Crippen LogP contribution >= 0.6 is 11.6 Å². The Kier molecular flexibility index (Phi) is 6.18. The van der Waals surface area contributed by atoms with E-state index in [0.29, 0.717) is 37.5 Å². The number of hydrogen-bond donors (Lipinski definition) is 4. The van der Waals surface area contributed by atoms with Gasteiger partial charge in [-0.15, -0.1) is 0 Å². The number of likely N-dealkylation sites (tertiary alicyclic amines) is 1. The number of anilines is 1. The Labute approximate surface area is 203 Å². The molecule has 5 rings (SSSR count). The van der Waals surface area contributed by atoms with Crippen molar-refractivity contribution in [1.82, 2.24) is 20.2 Å². The maximum absolute atomic E-state index is 12.8. The lowest BCUT2D eigenvalue weighted by molar-refractivity contribution is -0.124. The average molecular weight is 481 g/mol. The Hall–Kier alpha value is -3.10. The third kappa shape index (κ3) is 4.60. The normalized spacial score (nSPS) is 18.5. The Morgan fingerprint density at radius 1 is 1.18 bits per heavy atom. The Bertz CT molecular complexity index is 1180. The van der Waals surface area contributed by atoms with Gasteiger partial charge in [0, 0.05) is 47.9 Å². The van der Waals surface area contributed by atoms with Crippen molar-refractivity contribution in [2.75, 3.05) is 25.0 Å². The number of fused-ring (bicyclic) bond motifs is 1. The zero-order valence-electron chi connectivity index (χ0n) is 18.9. The van der Waals surface area contributed by atoms with E-state index in [1.54, 1.807) is 23.4 Å². The summed E-state index contributed by atoms with van der Waals surface area (Å²) >= 11 is 6.01. The highest BCUT2D eigenvalue weighted by molar-refractivity contribution is 6.30. The molecule has 9 heteroatoms. The largest absolute Gasteiger partial charge is 0.354 e. The molecule has 1 aromatic carbocycles. The molecule has 1 unspecified atom stereocenters. The van der Waals surface area contributed by atoms with Gasteiger partial charge in [0.15, 0.2) is 0 Å². The quantitative estimate of drug-likeness (QED) is 0.431. The van der Waals surface area contributed by atoms with Gasteiger partial charge >= 0.3 is 6.03 Å². The van der Waals surface area contributed by atoms with E-state index < -0.39 is 6.04 Å². The number of aromatic nitrogens is 2. The SMILES string of the molecule is NC(C(=O)NCC1(c2ccc(Cl)cc2)CC1)C1CCN(C(=O)Nc2ccnc3[nH]ccc23)CC1. The van der Waals surface area contributed by atoms with Crippen molar-refractivity contribution in [2.45, 2.75) is 37.1 Å². The highest BCUT2D eigenvalue weighted by atomic mass is 35.5. The van der Waals surface area contributed by atoms with Gasteiger partial charge in [-0.1, -0.05) is 23.7 Å². The highest BCUT2D eigenvalue weighted by Gasteiger charge is 2.44. The predicted octanol–water partition coefficient (Wildman–Crippen LogP) is 3.64. The number of nitrogens with one attached hydrogen (secondary N) is 3.